The van der Waals surface area contributed by atoms with E-state index in [-0.39, 0.29) is 12.1 Å². The van der Waals surface area contributed by atoms with Crippen LogP contribution in [0.4, 0.5) is 4.79 Å². The van der Waals surface area contributed by atoms with Crippen molar-refractivity contribution in [3.63, 3.8) is 0 Å². The molecule has 1 aliphatic heterocycles. The van der Waals surface area contributed by atoms with E-state index in [2.05, 4.69) is 6.08 Å². The van der Waals surface area contributed by atoms with Crippen molar-refractivity contribution in [1.82, 2.24) is 4.90 Å². The minimum atomic E-state index is -0.476. The molecule has 1 aromatic carbocycles. The van der Waals surface area contributed by atoms with Gasteiger partial charge in [0, 0.05) is 13.1 Å². The average molecular weight is 345 g/mol. The molecule has 136 valence electrons. The molecule has 25 heavy (non-hydrogen) atoms. The van der Waals surface area contributed by atoms with Crippen LogP contribution in [-0.2, 0) is 20.7 Å². The lowest BCUT2D eigenvalue weighted by molar-refractivity contribution is -0.142. The summed E-state index contributed by atoms with van der Waals surface area (Å²) < 4.78 is 10.4. The molecule has 1 aromatic rings. The molecule has 0 bridgehead atoms. The molecule has 0 saturated carbocycles. The fourth-order valence-electron chi connectivity index (χ4n) is 2.64. The largest absolute Gasteiger partial charge is 0.466 e. The van der Waals surface area contributed by atoms with Gasteiger partial charge in [0.1, 0.15) is 5.60 Å². The SMILES string of the molecule is CCOC(=O)Cc1ccc(C2=CCN(C(=O)OC(C)(C)C)CC2)cc1. The first-order chi connectivity index (χ1) is 11.8. The first-order valence-electron chi connectivity index (χ1n) is 8.70. The number of rotatable bonds is 4. The van der Waals surface area contributed by atoms with Crippen LogP contribution >= 0.6 is 0 Å². The minimum absolute atomic E-state index is 0.208. The fraction of sp³-hybridized carbons (Fsp3) is 0.500. The van der Waals surface area contributed by atoms with E-state index in [9.17, 15) is 9.59 Å². The predicted molar refractivity (Wildman–Crippen MR) is 97.2 cm³/mol. The number of ether oxygens (including phenoxy) is 2. The molecule has 0 radical (unpaired) electrons. The molecule has 0 spiro atoms. The maximum Gasteiger partial charge on any atom is 0.410 e. The molecule has 5 nitrogen and oxygen atoms in total. The number of hydrogen-bond acceptors (Lipinski definition) is 4. The van der Waals surface area contributed by atoms with E-state index in [4.69, 9.17) is 9.47 Å². The van der Waals surface area contributed by atoms with Gasteiger partial charge in [0.05, 0.1) is 13.0 Å². The highest BCUT2D eigenvalue weighted by molar-refractivity contribution is 5.74. The Bertz CT molecular complexity index is 641. The van der Waals surface area contributed by atoms with Gasteiger partial charge in [-0.05, 0) is 50.8 Å². The third kappa shape index (κ3) is 5.93. The number of benzene rings is 1. The lowest BCUT2D eigenvalue weighted by Crippen LogP contribution is -2.39. The van der Waals surface area contributed by atoms with E-state index in [1.807, 2.05) is 45.0 Å². The third-order valence-corrected chi connectivity index (χ3v) is 3.84. The Morgan fingerprint density at radius 3 is 2.36 bits per heavy atom. The number of carbonyl (C=O) groups excluding carboxylic acids is 2. The van der Waals surface area contributed by atoms with Gasteiger partial charge in [-0.25, -0.2) is 4.79 Å². The standard InChI is InChI=1S/C20H27NO4/c1-5-24-18(22)14-15-6-8-16(9-7-15)17-10-12-21(13-11-17)19(23)25-20(2,3)4/h6-10H,5,11-14H2,1-4H3. The Hall–Kier alpha value is -2.30. The second-order valence-corrected chi connectivity index (χ2v) is 7.08. The van der Waals surface area contributed by atoms with E-state index in [1.165, 1.54) is 5.57 Å². The molecule has 2 rings (SSSR count). The highest BCUT2D eigenvalue weighted by atomic mass is 16.6. The van der Waals surface area contributed by atoms with E-state index in [1.54, 1.807) is 11.8 Å². The Balaban J connectivity index is 1.95. The van der Waals surface area contributed by atoms with Gasteiger partial charge in [-0.1, -0.05) is 30.3 Å². The second-order valence-electron chi connectivity index (χ2n) is 7.08. The molecule has 0 fully saturated rings. The third-order valence-electron chi connectivity index (χ3n) is 3.84. The zero-order chi connectivity index (χ0) is 18.4. The molecule has 1 amide bonds. The number of hydrogen-bond donors (Lipinski definition) is 0. The van der Waals surface area contributed by atoms with Crippen LogP contribution in [0.15, 0.2) is 30.3 Å². The highest BCUT2D eigenvalue weighted by Crippen LogP contribution is 2.24. The van der Waals surface area contributed by atoms with Gasteiger partial charge in [-0.3, -0.25) is 4.79 Å². The summed E-state index contributed by atoms with van der Waals surface area (Å²) in [6, 6.07) is 7.94. The summed E-state index contributed by atoms with van der Waals surface area (Å²) in [6.07, 6.45) is 2.87. The smallest absolute Gasteiger partial charge is 0.410 e. The monoisotopic (exact) mass is 345 g/mol. The number of amides is 1. The van der Waals surface area contributed by atoms with E-state index in [0.717, 1.165) is 17.5 Å². The summed E-state index contributed by atoms with van der Waals surface area (Å²) in [7, 11) is 0. The van der Waals surface area contributed by atoms with E-state index < -0.39 is 5.60 Å². The number of esters is 1. The Morgan fingerprint density at radius 1 is 1.16 bits per heavy atom. The van der Waals surface area contributed by atoms with Crippen LogP contribution in [-0.4, -0.2) is 42.3 Å². The summed E-state index contributed by atoms with van der Waals surface area (Å²) in [5.74, 6) is -0.208. The lowest BCUT2D eigenvalue weighted by Gasteiger charge is -2.29. The van der Waals surface area contributed by atoms with Crippen molar-refractivity contribution in [2.75, 3.05) is 19.7 Å². The average Bonchev–Trinajstić information content (AvgIpc) is 2.54. The summed E-state index contributed by atoms with van der Waals surface area (Å²) in [5.41, 5.74) is 2.79. The van der Waals surface area contributed by atoms with Gasteiger partial charge in [0.15, 0.2) is 0 Å². The second kappa shape index (κ2) is 8.19. The molecule has 0 saturated heterocycles. The highest BCUT2D eigenvalue weighted by Gasteiger charge is 2.23. The normalized spacial score (nSPS) is 14.7. The molecular weight excluding hydrogens is 318 g/mol. The first kappa shape index (κ1) is 19.0. The van der Waals surface area contributed by atoms with Gasteiger partial charge >= 0.3 is 12.1 Å². The molecular formula is C20H27NO4. The number of carbonyl (C=O) groups is 2. The molecule has 1 aliphatic rings. The molecule has 1 heterocycles. The maximum atomic E-state index is 12.1. The summed E-state index contributed by atoms with van der Waals surface area (Å²) in [4.78, 5) is 25.3. The van der Waals surface area contributed by atoms with Gasteiger partial charge in [-0.15, -0.1) is 0 Å². The minimum Gasteiger partial charge on any atom is -0.466 e. The summed E-state index contributed by atoms with van der Waals surface area (Å²) in [6.45, 7) is 9.01. The van der Waals surface area contributed by atoms with Crippen molar-refractivity contribution < 1.29 is 19.1 Å². The quantitative estimate of drug-likeness (QED) is 0.779. The van der Waals surface area contributed by atoms with Crippen LogP contribution in [0, 0.1) is 0 Å². The van der Waals surface area contributed by atoms with Gasteiger partial charge in [0.25, 0.3) is 0 Å². The maximum absolute atomic E-state index is 12.1. The summed E-state index contributed by atoms with van der Waals surface area (Å²) >= 11 is 0. The van der Waals surface area contributed by atoms with Crippen LogP contribution in [0.2, 0.25) is 0 Å². The van der Waals surface area contributed by atoms with Crippen molar-refractivity contribution in [1.29, 1.82) is 0 Å². The van der Waals surface area contributed by atoms with Crippen molar-refractivity contribution in [2.45, 2.75) is 46.1 Å². The lowest BCUT2D eigenvalue weighted by atomic mass is 9.98. The number of nitrogens with zero attached hydrogens (tertiary/aromatic N) is 1. The molecule has 0 aliphatic carbocycles. The zero-order valence-corrected chi connectivity index (χ0v) is 15.5. The van der Waals surface area contributed by atoms with Gasteiger partial charge in [-0.2, -0.15) is 0 Å². The topological polar surface area (TPSA) is 55.8 Å². The van der Waals surface area contributed by atoms with Crippen molar-refractivity contribution in [3.8, 4) is 0 Å². The van der Waals surface area contributed by atoms with Gasteiger partial charge < -0.3 is 14.4 Å². The van der Waals surface area contributed by atoms with E-state index in [0.29, 0.717) is 26.1 Å². The summed E-state index contributed by atoms with van der Waals surface area (Å²) in [5, 5.41) is 0. The van der Waals surface area contributed by atoms with Gasteiger partial charge in [0.2, 0.25) is 0 Å². The Morgan fingerprint density at radius 2 is 1.84 bits per heavy atom. The fourth-order valence-corrected chi connectivity index (χ4v) is 2.64. The van der Waals surface area contributed by atoms with Crippen molar-refractivity contribution >= 4 is 17.6 Å². The first-order valence-corrected chi connectivity index (χ1v) is 8.70. The van der Waals surface area contributed by atoms with Crippen LogP contribution < -0.4 is 0 Å². The molecule has 5 heteroatoms. The van der Waals surface area contributed by atoms with E-state index >= 15 is 0 Å². The molecule has 0 unspecified atom stereocenters. The molecule has 0 aromatic heterocycles. The predicted octanol–water partition coefficient (Wildman–Crippen LogP) is 3.82. The van der Waals surface area contributed by atoms with Crippen LogP contribution in [0.5, 0.6) is 0 Å². The molecule has 0 N–H and O–H groups in total. The van der Waals surface area contributed by atoms with Crippen molar-refractivity contribution in [2.24, 2.45) is 0 Å². The van der Waals surface area contributed by atoms with Crippen LogP contribution in [0.1, 0.15) is 45.2 Å². The van der Waals surface area contributed by atoms with Crippen molar-refractivity contribution in [3.05, 3.63) is 41.5 Å². The van der Waals surface area contributed by atoms with Crippen LogP contribution in [0.3, 0.4) is 0 Å². The Kier molecular flexibility index (Phi) is 6.23. The zero-order valence-electron chi connectivity index (χ0n) is 15.5. The molecule has 0 atom stereocenters. The van der Waals surface area contributed by atoms with Crippen LogP contribution in [0.25, 0.3) is 5.57 Å². The Labute approximate surface area is 149 Å².